The standard InChI is InChI=1S/C11H13N5O6S3/c1-6-12-9(15-11(13-6)22-2)14-10(17)16-25(20,21)7-4-5-23-8(7)24(3,18)19/h4-5H,1-3H3,(H2,12,13,14,15,16,17). The van der Waals surface area contributed by atoms with Gasteiger partial charge in [-0.1, -0.05) is 0 Å². The lowest BCUT2D eigenvalue weighted by atomic mass is 10.7. The lowest BCUT2D eigenvalue weighted by Crippen LogP contribution is -2.35. The Morgan fingerprint density at radius 3 is 2.48 bits per heavy atom. The number of anilines is 1. The molecule has 2 amide bonds. The van der Waals surface area contributed by atoms with Crippen LogP contribution in [0.25, 0.3) is 0 Å². The monoisotopic (exact) mass is 407 g/mol. The van der Waals surface area contributed by atoms with Gasteiger partial charge in [0.25, 0.3) is 10.0 Å². The largest absolute Gasteiger partial charge is 0.467 e. The number of aryl methyl sites for hydroxylation is 1. The molecular weight excluding hydrogens is 394 g/mol. The molecule has 2 aromatic heterocycles. The fourth-order valence-corrected chi connectivity index (χ4v) is 5.69. The van der Waals surface area contributed by atoms with Crippen LogP contribution in [0.1, 0.15) is 5.82 Å². The summed E-state index contributed by atoms with van der Waals surface area (Å²) >= 11 is 0.733. The van der Waals surface area contributed by atoms with Crippen molar-refractivity contribution in [3.8, 4) is 6.01 Å². The van der Waals surface area contributed by atoms with Gasteiger partial charge in [-0.2, -0.15) is 15.0 Å². The molecule has 0 atom stereocenters. The number of carbonyl (C=O) groups excluding carboxylic acids is 1. The van der Waals surface area contributed by atoms with E-state index in [1.807, 2.05) is 0 Å². The molecule has 0 fully saturated rings. The Balaban J connectivity index is 2.23. The molecule has 25 heavy (non-hydrogen) atoms. The van der Waals surface area contributed by atoms with Gasteiger partial charge in [0.15, 0.2) is 9.84 Å². The second kappa shape index (κ2) is 6.89. The van der Waals surface area contributed by atoms with Gasteiger partial charge in [0, 0.05) is 6.26 Å². The van der Waals surface area contributed by atoms with Crippen molar-refractivity contribution in [1.29, 1.82) is 0 Å². The number of urea groups is 1. The number of hydrogen-bond acceptors (Lipinski definition) is 10. The molecule has 14 heteroatoms. The first kappa shape index (κ1) is 19.0. The number of ether oxygens (including phenoxy) is 1. The van der Waals surface area contributed by atoms with Crippen LogP contribution in [0, 0.1) is 6.92 Å². The summed E-state index contributed by atoms with van der Waals surface area (Å²) in [6.45, 7) is 1.52. The van der Waals surface area contributed by atoms with E-state index >= 15 is 0 Å². The van der Waals surface area contributed by atoms with Gasteiger partial charge in [0.2, 0.25) is 5.95 Å². The van der Waals surface area contributed by atoms with Crippen LogP contribution in [-0.2, 0) is 19.9 Å². The third-order valence-electron chi connectivity index (χ3n) is 2.58. The number of carbonyl (C=O) groups is 1. The quantitative estimate of drug-likeness (QED) is 0.704. The molecule has 2 heterocycles. The van der Waals surface area contributed by atoms with Gasteiger partial charge in [-0.05, 0) is 18.4 Å². The first-order valence-corrected chi connectivity index (χ1v) is 10.7. The van der Waals surface area contributed by atoms with Gasteiger partial charge in [0.1, 0.15) is 14.9 Å². The van der Waals surface area contributed by atoms with E-state index < -0.39 is 30.8 Å². The van der Waals surface area contributed by atoms with E-state index in [9.17, 15) is 21.6 Å². The molecule has 2 N–H and O–H groups in total. The number of sulfonamides is 1. The number of hydrogen-bond donors (Lipinski definition) is 2. The second-order valence-corrected chi connectivity index (χ2v) is 9.37. The second-order valence-electron chi connectivity index (χ2n) is 4.60. The highest BCUT2D eigenvalue weighted by molar-refractivity contribution is 7.95. The molecule has 0 aromatic carbocycles. The first-order chi connectivity index (χ1) is 11.5. The normalized spacial score (nSPS) is 11.8. The fourth-order valence-electron chi connectivity index (χ4n) is 1.66. The Morgan fingerprint density at radius 2 is 1.88 bits per heavy atom. The van der Waals surface area contributed by atoms with Gasteiger partial charge >= 0.3 is 12.0 Å². The van der Waals surface area contributed by atoms with Crippen molar-refractivity contribution in [2.24, 2.45) is 0 Å². The van der Waals surface area contributed by atoms with Crippen molar-refractivity contribution in [2.75, 3.05) is 18.7 Å². The lowest BCUT2D eigenvalue weighted by molar-refractivity contribution is 0.256. The molecule has 0 aliphatic heterocycles. The highest BCUT2D eigenvalue weighted by atomic mass is 32.2. The van der Waals surface area contributed by atoms with Gasteiger partial charge in [-0.25, -0.2) is 26.4 Å². The predicted octanol–water partition coefficient (Wildman–Crippen LogP) is 0.164. The van der Waals surface area contributed by atoms with E-state index in [1.165, 1.54) is 19.4 Å². The summed E-state index contributed by atoms with van der Waals surface area (Å²) in [5.41, 5.74) is 0. The smallest absolute Gasteiger partial charge is 0.335 e. The van der Waals surface area contributed by atoms with Gasteiger partial charge in [-0.15, -0.1) is 11.3 Å². The minimum atomic E-state index is -4.41. The van der Waals surface area contributed by atoms with Crippen molar-refractivity contribution in [3.05, 3.63) is 17.3 Å². The number of rotatable bonds is 5. The molecule has 136 valence electrons. The maximum absolute atomic E-state index is 12.2. The van der Waals surface area contributed by atoms with Crippen molar-refractivity contribution in [3.63, 3.8) is 0 Å². The summed E-state index contributed by atoms with van der Waals surface area (Å²) in [6, 6.07) is -0.145. The molecular formula is C11H13N5O6S3. The summed E-state index contributed by atoms with van der Waals surface area (Å²) in [5.74, 6) is 0.00732. The molecule has 0 saturated carbocycles. The van der Waals surface area contributed by atoms with Crippen LogP contribution >= 0.6 is 11.3 Å². The zero-order valence-corrected chi connectivity index (χ0v) is 15.6. The minimum Gasteiger partial charge on any atom is -0.467 e. The van der Waals surface area contributed by atoms with Gasteiger partial charge < -0.3 is 4.74 Å². The molecule has 0 spiro atoms. The number of sulfone groups is 1. The molecule has 0 bridgehead atoms. The average molecular weight is 407 g/mol. The predicted molar refractivity (Wildman–Crippen MR) is 87.9 cm³/mol. The number of aromatic nitrogens is 3. The number of methoxy groups -OCH3 is 1. The minimum absolute atomic E-state index is 0.0668. The Kier molecular flexibility index (Phi) is 5.24. The number of amides is 2. The van der Waals surface area contributed by atoms with E-state index in [0.717, 1.165) is 23.7 Å². The number of nitrogens with one attached hydrogen (secondary N) is 2. The fraction of sp³-hybridized carbons (Fsp3) is 0.273. The van der Waals surface area contributed by atoms with Crippen molar-refractivity contribution >= 4 is 43.2 Å². The molecule has 2 rings (SSSR count). The molecule has 0 aliphatic carbocycles. The molecule has 0 unspecified atom stereocenters. The highest BCUT2D eigenvalue weighted by Crippen LogP contribution is 2.26. The zero-order chi connectivity index (χ0) is 18.8. The maximum atomic E-state index is 12.2. The highest BCUT2D eigenvalue weighted by Gasteiger charge is 2.27. The summed E-state index contributed by atoms with van der Waals surface area (Å²) < 4.78 is 53.9. The van der Waals surface area contributed by atoms with Crippen LogP contribution < -0.4 is 14.8 Å². The summed E-state index contributed by atoms with van der Waals surface area (Å²) in [5, 5.41) is 3.41. The van der Waals surface area contributed by atoms with E-state index in [1.54, 1.807) is 4.72 Å². The average Bonchev–Trinajstić information content (AvgIpc) is 2.96. The van der Waals surface area contributed by atoms with Crippen molar-refractivity contribution in [2.45, 2.75) is 16.0 Å². The summed E-state index contributed by atoms with van der Waals surface area (Å²) in [6.07, 6.45) is 0.873. The zero-order valence-electron chi connectivity index (χ0n) is 13.2. The summed E-state index contributed by atoms with van der Waals surface area (Å²) in [4.78, 5) is 22.8. The maximum Gasteiger partial charge on any atom is 0.335 e. The summed E-state index contributed by atoms with van der Waals surface area (Å²) in [7, 11) is -6.86. The van der Waals surface area contributed by atoms with E-state index in [-0.39, 0.29) is 22.0 Å². The lowest BCUT2D eigenvalue weighted by Gasteiger charge is -2.08. The molecule has 2 aromatic rings. The molecule has 11 nitrogen and oxygen atoms in total. The van der Waals surface area contributed by atoms with E-state index in [0.29, 0.717) is 0 Å². The number of thiophene rings is 1. The van der Waals surface area contributed by atoms with E-state index in [2.05, 4.69) is 20.3 Å². The van der Waals surface area contributed by atoms with Crippen LogP contribution in [-0.4, -0.2) is 51.2 Å². The topological polar surface area (TPSA) is 157 Å². The third kappa shape index (κ3) is 4.61. The Labute approximate surface area is 147 Å². The van der Waals surface area contributed by atoms with Crippen LogP contribution in [0.5, 0.6) is 6.01 Å². The first-order valence-electron chi connectivity index (χ1n) is 6.41. The van der Waals surface area contributed by atoms with Gasteiger partial charge in [-0.3, -0.25) is 5.32 Å². The van der Waals surface area contributed by atoms with Gasteiger partial charge in [0.05, 0.1) is 7.11 Å². The van der Waals surface area contributed by atoms with E-state index in [4.69, 9.17) is 4.74 Å². The van der Waals surface area contributed by atoms with Crippen molar-refractivity contribution < 1.29 is 26.4 Å². The third-order valence-corrected chi connectivity index (χ3v) is 7.01. The number of nitrogens with zero attached hydrogens (tertiary/aromatic N) is 3. The van der Waals surface area contributed by atoms with Crippen LogP contribution in [0.15, 0.2) is 20.6 Å². The van der Waals surface area contributed by atoms with Crippen LogP contribution in [0.2, 0.25) is 0 Å². The Hall–Kier alpha value is -2.32. The molecule has 0 aliphatic rings. The van der Waals surface area contributed by atoms with Crippen LogP contribution in [0.4, 0.5) is 10.7 Å². The Morgan fingerprint density at radius 1 is 1.20 bits per heavy atom. The molecule has 0 radical (unpaired) electrons. The van der Waals surface area contributed by atoms with Crippen molar-refractivity contribution in [1.82, 2.24) is 19.7 Å². The Bertz CT molecular complexity index is 1010. The SMILES string of the molecule is COc1nc(C)nc(NC(=O)NS(=O)(=O)c2ccsc2S(C)(=O)=O)n1. The van der Waals surface area contributed by atoms with Crippen LogP contribution in [0.3, 0.4) is 0 Å². The molecule has 0 saturated heterocycles.